The van der Waals surface area contributed by atoms with Crippen LogP contribution in [0.25, 0.3) is 0 Å². The third-order valence-electron chi connectivity index (χ3n) is 6.16. The van der Waals surface area contributed by atoms with Crippen molar-refractivity contribution in [3.05, 3.63) is 29.8 Å². The van der Waals surface area contributed by atoms with E-state index >= 15 is 0 Å². The first-order valence-corrected chi connectivity index (χ1v) is 13.3. The number of carbonyl (C=O) groups excluding carboxylic acids is 1. The zero-order chi connectivity index (χ0) is 20.3. The van der Waals surface area contributed by atoms with Gasteiger partial charge in [0.15, 0.2) is 0 Å². The largest absolute Gasteiger partial charge is 0.396 e. The Balaban J connectivity index is 1.60. The van der Waals surface area contributed by atoms with Crippen LogP contribution in [0.1, 0.15) is 25.3 Å². The minimum atomic E-state index is -2.85. The lowest BCUT2D eigenvalue weighted by Gasteiger charge is -2.28. The van der Waals surface area contributed by atoms with Gasteiger partial charge < -0.3 is 24.2 Å². The van der Waals surface area contributed by atoms with Crippen LogP contribution in [0.15, 0.2) is 24.3 Å². The number of rotatable bonds is 7. The van der Waals surface area contributed by atoms with E-state index < -0.39 is 8.41 Å². The number of benzene rings is 1. The van der Waals surface area contributed by atoms with E-state index in [1.54, 1.807) is 13.1 Å². The van der Waals surface area contributed by atoms with Gasteiger partial charge in [0.1, 0.15) is 0 Å². The molecule has 3 rings (SSSR count). The van der Waals surface area contributed by atoms with Gasteiger partial charge in [-0.1, -0.05) is 19.1 Å². The van der Waals surface area contributed by atoms with Crippen molar-refractivity contribution in [3.8, 4) is 0 Å². The number of amides is 1. The van der Waals surface area contributed by atoms with Gasteiger partial charge in [0, 0.05) is 30.9 Å². The zero-order valence-corrected chi connectivity index (χ0v) is 18.2. The second kappa shape index (κ2) is 9.03. The Morgan fingerprint density at radius 3 is 2.57 bits per heavy atom. The maximum Gasteiger partial charge on any atom is 0.246 e. The molecule has 1 amide bonds. The fourth-order valence-corrected chi connectivity index (χ4v) is 7.40. The summed E-state index contributed by atoms with van der Waals surface area (Å²) in [6.45, 7) is 7.54. The molecule has 0 aromatic heterocycles. The van der Waals surface area contributed by atoms with E-state index in [2.05, 4.69) is 24.4 Å². The van der Waals surface area contributed by atoms with Gasteiger partial charge in [0.25, 0.3) is 0 Å². The first kappa shape index (κ1) is 21.4. The van der Waals surface area contributed by atoms with E-state index in [-0.39, 0.29) is 36.2 Å². The number of nitrogens with one attached hydrogen (secondary N) is 1. The second-order valence-electron chi connectivity index (χ2n) is 8.60. The van der Waals surface area contributed by atoms with Crippen molar-refractivity contribution >= 4 is 20.0 Å². The molecule has 2 fully saturated rings. The van der Waals surface area contributed by atoms with Crippen LogP contribution in [0.3, 0.4) is 0 Å². The smallest absolute Gasteiger partial charge is 0.246 e. The topological polar surface area (TPSA) is 61.8 Å². The first-order chi connectivity index (χ1) is 13.3. The summed E-state index contributed by atoms with van der Waals surface area (Å²) in [4.78, 5) is 13.8. The molecule has 0 unspecified atom stereocenters. The first-order valence-electron chi connectivity index (χ1n) is 10.4. The average Bonchev–Trinajstić information content (AvgIpc) is 2.97. The SMILES string of the molecule is C[C@@H]1[C@@H]([Si](C)(C)F)[C@H](CCO)O[C@@H]1CCc1ccc(N2CCNCC2=O)cc1. The molecule has 5 nitrogen and oxygen atoms in total. The van der Waals surface area contributed by atoms with Gasteiger partial charge in [-0.3, -0.25) is 4.79 Å². The van der Waals surface area contributed by atoms with Gasteiger partial charge >= 0.3 is 0 Å². The highest BCUT2D eigenvalue weighted by molar-refractivity contribution is 6.72. The van der Waals surface area contributed by atoms with Gasteiger partial charge in [-0.15, -0.1) is 0 Å². The third-order valence-corrected chi connectivity index (χ3v) is 8.65. The Morgan fingerprint density at radius 2 is 1.96 bits per heavy atom. The Kier molecular flexibility index (Phi) is 6.91. The summed E-state index contributed by atoms with van der Waals surface area (Å²) >= 11 is 0. The fraction of sp³-hybridized carbons (Fsp3) is 0.667. The fourth-order valence-electron chi connectivity index (χ4n) is 4.81. The standard InChI is InChI=1S/C21H33FN2O3Si/c1-15-18(27-19(10-13-25)21(15)28(2,3)22)9-6-16-4-7-17(8-5-16)24-12-11-23-14-20(24)26/h4-5,7-8,15,18-19,21,23,25H,6,9-14H2,1-3H3/t15-,18+,19-,21+/m0/s1. The van der Waals surface area contributed by atoms with E-state index in [0.717, 1.165) is 25.1 Å². The molecular weight excluding hydrogens is 375 g/mol. The molecule has 2 saturated heterocycles. The summed E-state index contributed by atoms with van der Waals surface area (Å²) in [5.41, 5.74) is 2.07. The van der Waals surface area contributed by atoms with Gasteiger partial charge in [-0.05, 0) is 56.0 Å². The van der Waals surface area contributed by atoms with Crippen LogP contribution >= 0.6 is 0 Å². The molecule has 2 aliphatic rings. The zero-order valence-electron chi connectivity index (χ0n) is 17.2. The summed E-state index contributed by atoms with van der Waals surface area (Å²) in [6.07, 6.45) is 2.07. The molecule has 7 heteroatoms. The van der Waals surface area contributed by atoms with Crippen LogP contribution in [0.5, 0.6) is 0 Å². The predicted molar refractivity (Wildman–Crippen MR) is 112 cm³/mol. The summed E-state index contributed by atoms with van der Waals surface area (Å²) < 4.78 is 21.0. The minimum absolute atomic E-state index is 0.0264. The van der Waals surface area contributed by atoms with Crippen molar-refractivity contribution in [1.82, 2.24) is 5.32 Å². The van der Waals surface area contributed by atoms with Crippen LogP contribution in [-0.4, -0.2) is 57.9 Å². The Hall–Kier alpha value is -1.28. The number of aliphatic hydroxyl groups is 1. The number of nitrogens with zero attached hydrogens (tertiary/aromatic N) is 1. The molecule has 1 aromatic rings. The third kappa shape index (κ3) is 4.82. The molecule has 4 atom stereocenters. The highest BCUT2D eigenvalue weighted by Gasteiger charge is 2.50. The van der Waals surface area contributed by atoms with E-state index in [1.165, 1.54) is 5.56 Å². The molecule has 0 saturated carbocycles. The number of ether oxygens (including phenoxy) is 1. The number of carbonyl (C=O) groups is 1. The molecule has 156 valence electrons. The van der Waals surface area contributed by atoms with Crippen LogP contribution in [-0.2, 0) is 16.0 Å². The minimum Gasteiger partial charge on any atom is -0.396 e. The van der Waals surface area contributed by atoms with E-state index in [4.69, 9.17) is 4.74 Å². The lowest BCUT2D eigenvalue weighted by molar-refractivity contribution is -0.118. The monoisotopic (exact) mass is 408 g/mol. The average molecular weight is 409 g/mol. The summed E-state index contributed by atoms with van der Waals surface area (Å²) in [6, 6.07) is 8.15. The van der Waals surface area contributed by atoms with Gasteiger partial charge in [-0.2, -0.15) is 0 Å². The highest BCUT2D eigenvalue weighted by Crippen LogP contribution is 2.46. The van der Waals surface area contributed by atoms with Gasteiger partial charge in [0.2, 0.25) is 14.3 Å². The van der Waals surface area contributed by atoms with Crippen molar-refractivity contribution in [2.75, 3.05) is 31.1 Å². The molecule has 0 spiro atoms. The summed E-state index contributed by atoms with van der Waals surface area (Å²) in [5.74, 6) is 0.270. The molecule has 2 heterocycles. The van der Waals surface area contributed by atoms with Gasteiger partial charge in [0.05, 0.1) is 18.8 Å². The van der Waals surface area contributed by atoms with Crippen molar-refractivity contribution in [2.24, 2.45) is 5.92 Å². The number of piperazine rings is 1. The highest BCUT2D eigenvalue weighted by atomic mass is 28.4. The van der Waals surface area contributed by atoms with Crippen LogP contribution < -0.4 is 10.2 Å². The van der Waals surface area contributed by atoms with E-state index in [0.29, 0.717) is 19.5 Å². The summed E-state index contributed by atoms with van der Waals surface area (Å²) in [7, 11) is -2.85. The Labute approximate surface area is 168 Å². The lowest BCUT2D eigenvalue weighted by Crippen LogP contribution is -2.48. The van der Waals surface area contributed by atoms with Crippen LogP contribution in [0, 0.1) is 5.92 Å². The molecular formula is C21H33FN2O3Si. The van der Waals surface area contributed by atoms with Crippen molar-refractivity contribution in [3.63, 3.8) is 0 Å². The van der Waals surface area contributed by atoms with Crippen LogP contribution in [0.4, 0.5) is 9.80 Å². The normalized spacial score (nSPS) is 28.8. The number of aryl methyl sites for hydroxylation is 1. The van der Waals surface area contributed by atoms with Crippen molar-refractivity contribution in [1.29, 1.82) is 0 Å². The van der Waals surface area contributed by atoms with E-state index in [1.807, 2.05) is 17.0 Å². The second-order valence-corrected chi connectivity index (χ2v) is 12.4. The maximum atomic E-state index is 14.8. The number of aliphatic hydroxyl groups excluding tert-OH is 1. The Bertz CT molecular complexity index is 665. The number of anilines is 1. The Morgan fingerprint density at radius 1 is 1.25 bits per heavy atom. The van der Waals surface area contributed by atoms with E-state index in [9.17, 15) is 14.0 Å². The molecule has 2 aliphatic heterocycles. The van der Waals surface area contributed by atoms with Crippen LogP contribution in [0.2, 0.25) is 18.6 Å². The molecule has 0 radical (unpaired) electrons. The molecule has 0 aliphatic carbocycles. The van der Waals surface area contributed by atoms with Crippen molar-refractivity contribution in [2.45, 2.75) is 57.0 Å². The molecule has 28 heavy (non-hydrogen) atoms. The number of halogens is 1. The van der Waals surface area contributed by atoms with Crippen molar-refractivity contribution < 1.29 is 18.7 Å². The molecule has 0 bridgehead atoms. The lowest BCUT2D eigenvalue weighted by atomic mass is 9.95. The predicted octanol–water partition coefficient (Wildman–Crippen LogP) is 2.89. The quantitative estimate of drug-likeness (QED) is 0.538. The number of hydrogen-bond donors (Lipinski definition) is 2. The molecule has 2 N–H and O–H groups in total. The van der Waals surface area contributed by atoms with Gasteiger partial charge in [-0.25, -0.2) is 0 Å². The molecule has 1 aromatic carbocycles. The maximum absolute atomic E-state index is 14.8. The number of hydrogen-bond acceptors (Lipinski definition) is 4. The summed E-state index contributed by atoms with van der Waals surface area (Å²) in [5, 5.41) is 12.4.